The quantitative estimate of drug-likeness (QED) is 0.740. The first kappa shape index (κ1) is 11.5. The van der Waals surface area contributed by atoms with E-state index in [1.165, 1.54) is 0 Å². The lowest BCUT2D eigenvalue weighted by atomic mass is 10.1. The summed E-state index contributed by atoms with van der Waals surface area (Å²) in [5, 5.41) is 0. The van der Waals surface area contributed by atoms with Gasteiger partial charge in [0.05, 0.1) is 11.4 Å². The minimum absolute atomic E-state index is 0.195. The van der Waals surface area contributed by atoms with Gasteiger partial charge in [-0.1, -0.05) is 6.92 Å². The summed E-state index contributed by atoms with van der Waals surface area (Å²) in [7, 11) is 0. The molecule has 0 N–H and O–H groups in total. The first-order chi connectivity index (χ1) is 7.76. The molecular formula is C12H16N2OS. The number of pyridine rings is 1. The highest BCUT2D eigenvalue weighted by Gasteiger charge is 2.22. The largest absolute Gasteiger partial charge is 0.311 e. The standard InChI is InChI=1S/C12H16N2OS/c1-3-12(15)14-6-4-5-10-11(14)7-9(16-2)8-13-10/h7-8H,3-6H2,1-2H3. The third-order valence-corrected chi connectivity index (χ3v) is 3.54. The molecule has 1 amide bonds. The highest BCUT2D eigenvalue weighted by Crippen LogP contribution is 2.29. The second-order valence-corrected chi connectivity index (χ2v) is 4.72. The Morgan fingerprint density at radius 1 is 1.62 bits per heavy atom. The van der Waals surface area contributed by atoms with Crippen LogP contribution in [0.2, 0.25) is 0 Å². The van der Waals surface area contributed by atoms with Crippen LogP contribution in [0.15, 0.2) is 17.2 Å². The van der Waals surface area contributed by atoms with E-state index < -0.39 is 0 Å². The third-order valence-electron chi connectivity index (χ3n) is 2.85. The Morgan fingerprint density at radius 3 is 3.12 bits per heavy atom. The summed E-state index contributed by atoms with van der Waals surface area (Å²) in [5.74, 6) is 0.195. The van der Waals surface area contributed by atoms with Crippen molar-refractivity contribution in [2.45, 2.75) is 31.1 Å². The van der Waals surface area contributed by atoms with Crippen LogP contribution in [0.25, 0.3) is 0 Å². The maximum absolute atomic E-state index is 11.8. The van der Waals surface area contributed by atoms with Crippen LogP contribution in [0.1, 0.15) is 25.5 Å². The van der Waals surface area contributed by atoms with Gasteiger partial charge in [0.15, 0.2) is 0 Å². The number of hydrogen-bond acceptors (Lipinski definition) is 3. The van der Waals surface area contributed by atoms with E-state index in [0.29, 0.717) is 6.42 Å². The molecule has 1 aliphatic rings. The van der Waals surface area contributed by atoms with Gasteiger partial charge in [-0.05, 0) is 25.2 Å². The van der Waals surface area contributed by atoms with E-state index in [2.05, 4.69) is 11.1 Å². The fraction of sp³-hybridized carbons (Fsp3) is 0.500. The van der Waals surface area contributed by atoms with Gasteiger partial charge in [0.2, 0.25) is 5.91 Å². The molecule has 0 saturated carbocycles. The van der Waals surface area contributed by atoms with Gasteiger partial charge in [0.25, 0.3) is 0 Å². The zero-order chi connectivity index (χ0) is 11.5. The van der Waals surface area contributed by atoms with E-state index in [0.717, 1.165) is 35.7 Å². The molecule has 0 fully saturated rings. The van der Waals surface area contributed by atoms with Gasteiger partial charge in [-0.25, -0.2) is 0 Å². The second kappa shape index (κ2) is 4.87. The molecule has 0 unspecified atom stereocenters. The minimum atomic E-state index is 0.195. The van der Waals surface area contributed by atoms with E-state index in [1.807, 2.05) is 24.3 Å². The van der Waals surface area contributed by atoms with Gasteiger partial charge in [0.1, 0.15) is 0 Å². The number of thioether (sulfide) groups is 1. The number of aromatic nitrogens is 1. The number of amides is 1. The maximum Gasteiger partial charge on any atom is 0.226 e. The van der Waals surface area contributed by atoms with Crippen molar-refractivity contribution in [1.29, 1.82) is 0 Å². The molecule has 2 heterocycles. The van der Waals surface area contributed by atoms with E-state index in [-0.39, 0.29) is 5.91 Å². The Labute approximate surface area is 100 Å². The summed E-state index contributed by atoms with van der Waals surface area (Å²) in [6.07, 6.45) is 6.48. The van der Waals surface area contributed by atoms with Gasteiger partial charge in [0, 0.05) is 24.1 Å². The molecule has 1 aromatic heterocycles. The van der Waals surface area contributed by atoms with Crippen molar-refractivity contribution in [2.24, 2.45) is 0 Å². The molecule has 2 rings (SSSR count). The van der Waals surface area contributed by atoms with Crippen LogP contribution in [0.3, 0.4) is 0 Å². The Morgan fingerprint density at radius 2 is 2.44 bits per heavy atom. The highest BCUT2D eigenvalue weighted by molar-refractivity contribution is 7.98. The highest BCUT2D eigenvalue weighted by atomic mass is 32.2. The summed E-state index contributed by atoms with van der Waals surface area (Å²) in [5.41, 5.74) is 2.08. The van der Waals surface area contributed by atoms with Crippen LogP contribution in [-0.2, 0) is 11.2 Å². The van der Waals surface area contributed by atoms with Gasteiger partial charge in [-0.2, -0.15) is 0 Å². The predicted molar refractivity (Wildman–Crippen MR) is 67.0 cm³/mol. The number of hydrogen-bond donors (Lipinski definition) is 0. The van der Waals surface area contributed by atoms with Crippen LogP contribution >= 0.6 is 11.8 Å². The SMILES string of the molecule is CCC(=O)N1CCCc2ncc(SC)cc21. The molecule has 4 heteroatoms. The number of aryl methyl sites for hydroxylation is 1. The molecule has 86 valence electrons. The van der Waals surface area contributed by atoms with Crippen LogP contribution in [0.4, 0.5) is 5.69 Å². The van der Waals surface area contributed by atoms with E-state index in [1.54, 1.807) is 11.8 Å². The van der Waals surface area contributed by atoms with Crippen LogP contribution in [0.5, 0.6) is 0 Å². The summed E-state index contributed by atoms with van der Waals surface area (Å²) < 4.78 is 0. The normalized spacial score (nSPS) is 14.8. The monoisotopic (exact) mass is 236 g/mol. The number of rotatable bonds is 2. The van der Waals surface area contributed by atoms with Crippen LogP contribution < -0.4 is 4.90 Å². The predicted octanol–water partition coefficient (Wildman–Crippen LogP) is 2.49. The lowest BCUT2D eigenvalue weighted by molar-refractivity contribution is -0.118. The Hall–Kier alpha value is -1.03. The van der Waals surface area contributed by atoms with Crippen molar-refractivity contribution in [3.63, 3.8) is 0 Å². The van der Waals surface area contributed by atoms with E-state index >= 15 is 0 Å². The lowest BCUT2D eigenvalue weighted by Gasteiger charge is -2.28. The van der Waals surface area contributed by atoms with Crippen molar-refractivity contribution in [3.8, 4) is 0 Å². The molecule has 0 aromatic carbocycles. The van der Waals surface area contributed by atoms with Crippen molar-refractivity contribution >= 4 is 23.4 Å². The van der Waals surface area contributed by atoms with Crippen molar-refractivity contribution < 1.29 is 4.79 Å². The number of carbonyl (C=O) groups is 1. The average molecular weight is 236 g/mol. The van der Waals surface area contributed by atoms with Crippen LogP contribution in [0, 0.1) is 0 Å². The third kappa shape index (κ3) is 2.07. The van der Waals surface area contributed by atoms with Gasteiger partial charge in [-0.15, -0.1) is 11.8 Å². The zero-order valence-corrected chi connectivity index (χ0v) is 10.5. The fourth-order valence-corrected chi connectivity index (χ4v) is 2.36. The Bertz CT molecular complexity index is 406. The van der Waals surface area contributed by atoms with Crippen LogP contribution in [-0.4, -0.2) is 23.7 Å². The van der Waals surface area contributed by atoms with Gasteiger partial charge in [-0.3, -0.25) is 9.78 Å². The molecule has 1 aliphatic heterocycles. The Kier molecular flexibility index (Phi) is 3.49. The summed E-state index contributed by atoms with van der Waals surface area (Å²) in [6.45, 7) is 2.74. The van der Waals surface area contributed by atoms with Crippen molar-refractivity contribution in [1.82, 2.24) is 4.98 Å². The molecular weight excluding hydrogens is 220 g/mol. The summed E-state index contributed by atoms with van der Waals surface area (Å²) in [4.78, 5) is 19.3. The fourth-order valence-electron chi connectivity index (χ4n) is 1.98. The molecule has 0 spiro atoms. The van der Waals surface area contributed by atoms with E-state index in [4.69, 9.17) is 0 Å². The topological polar surface area (TPSA) is 33.2 Å². The number of anilines is 1. The maximum atomic E-state index is 11.8. The first-order valence-electron chi connectivity index (χ1n) is 5.59. The molecule has 16 heavy (non-hydrogen) atoms. The molecule has 0 aliphatic carbocycles. The lowest BCUT2D eigenvalue weighted by Crippen LogP contribution is -2.35. The number of nitrogens with zero attached hydrogens (tertiary/aromatic N) is 2. The smallest absolute Gasteiger partial charge is 0.226 e. The van der Waals surface area contributed by atoms with Gasteiger partial charge < -0.3 is 4.90 Å². The van der Waals surface area contributed by atoms with E-state index in [9.17, 15) is 4.79 Å². The van der Waals surface area contributed by atoms with Crippen molar-refractivity contribution in [2.75, 3.05) is 17.7 Å². The molecule has 0 atom stereocenters. The first-order valence-corrected chi connectivity index (χ1v) is 6.82. The molecule has 0 radical (unpaired) electrons. The summed E-state index contributed by atoms with van der Waals surface area (Å²) >= 11 is 1.66. The average Bonchev–Trinajstić information content (AvgIpc) is 2.36. The summed E-state index contributed by atoms with van der Waals surface area (Å²) in [6, 6.07) is 2.08. The second-order valence-electron chi connectivity index (χ2n) is 3.84. The number of carbonyl (C=O) groups excluding carboxylic acids is 1. The molecule has 0 saturated heterocycles. The number of fused-ring (bicyclic) bond motifs is 1. The molecule has 3 nitrogen and oxygen atoms in total. The van der Waals surface area contributed by atoms with Gasteiger partial charge >= 0.3 is 0 Å². The molecule has 1 aromatic rings. The Balaban J connectivity index is 2.39. The van der Waals surface area contributed by atoms with Crippen molar-refractivity contribution in [3.05, 3.63) is 18.0 Å². The molecule has 0 bridgehead atoms. The minimum Gasteiger partial charge on any atom is -0.311 e. The zero-order valence-electron chi connectivity index (χ0n) is 9.69.